The fraction of sp³-hybridized carbons (Fsp3) is 0.600. The minimum atomic E-state index is -2.53. The van der Waals surface area contributed by atoms with Crippen molar-refractivity contribution in [1.82, 2.24) is 0 Å². The molecule has 1 aliphatic rings. The van der Waals surface area contributed by atoms with Crippen molar-refractivity contribution in [3.05, 3.63) is 53.1 Å². The summed E-state index contributed by atoms with van der Waals surface area (Å²) in [5.74, 6) is -1.30. The Balaban J connectivity index is 2.29. The van der Waals surface area contributed by atoms with Gasteiger partial charge in [-0.25, -0.2) is 4.79 Å². The highest BCUT2D eigenvalue weighted by atomic mass is 35.6. The molecule has 0 aliphatic carbocycles. The van der Waals surface area contributed by atoms with Gasteiger partial charge in [0.05, 0.1) is 0 Å². The van der Waals surface area contributed by atoms with Gasteiger partial charge in [0.2, 0.25) is 3.79 Å². The molecule has 0 saturated carbocycles. The standard InChI is InChI=1S/C40H59Cl3O9Si2/c1-23(2)53(24(3)4,25(5)6)51-31-17-15-30(20-33(31)52-54(26(7)8,27(9)10)28(11)12)37-36(39(45)46)35-29(16-19-34(44)48-21-40(41,42)43)14-18-32(38(35)50-37)49-22-47-13/h14-20,23-28,36-37H,21-22H2,1-13H3,(H,45,46)/b19-16+/t36-,37-/m1/s1. The van der Waals surface area contributed by atoms with Gasteiger partial charge in [0.15, 0.2) is 18.3 Å². The number of hydrogen-bond acceptors (Lipinski definition) is 8. The van der Waals surface area contributed by atoms with Crippen LogP contribution in [-0.2, 0) is 19.1 Å². The van der Waals surface area contributed by atoms with Crippen LogP contribution < -0.4 is 18.3 Å². The number of rotatable bonds is 18. The summed E-state index contributed by atoms with van der Waals surface area (Å²) >= 11 is 17.2. The molecule has 1 aliphatic heterocycles. The Kier molecular flexibility index (Phi) is 15.9. The van der Waals surface area contributed by atoms with E-state index in [9.17, 15) is 14.7 Å². The second-order valence-electron chi connectivity index (χ2n) is 15.9. The van der Waals surface area contributed by atoms with Crippen molar-refractivity contribution in [3.63, 3.8) is 0 Å². The van der Waals surface area contributed by atoms with Crippen molar-refractivity contribution in [2.45, 2.75) is 132 Å². The zero-order valence-electron chi connectivity index (χ0n) is 33.9. The lowest BCUT2D eigenvalue weighted by atomic mass is 9.88. The van der Waals surface area contributed by atoms with Crippen LogP contribution in [0.25, 0.3) is 6.08 Å². The molecule has 2 atom stereocenters. The van der Waals surface area contributed by atoms with E-state index in [0.717, 1.165) is 6.08 Å². The first kappa shape index (κ1) is 46.0. The maximum atomic E-state index is 13.3. The Morgan fingerprint density at radius 1 is 0.796 bits per heavy atom. The molecular weight excluding hydrogens is 787 g/mol. The molecule has 0 saturated heterocycles. The van der Waals surface area contributed by atoms with Crippen LogP contribution >= 0.6 is 34.8 Å². The number of halogens is 3. The number of esters is 1. The number of alkyl halides is 3. The summed E-state index contributed by atoms with van der Waals surface area (Å²) in [6.45, 7) is 26.3. The van der Waals surface area contributed by atoms with Crippen LogP contribution in [-0.4, -0.2) is 58.0 Å². The molecule has 0 bridgehead atoms. The lowest BCUT2D eigenvalue weighted by Crippen LogP contribution is -2.52. The Morgan fingerprint density at radius 2 is 1.30 bits per heavy atom. The molecule has 0 unspecified atom stereocenters. The minimum Gasteiger partial charge on any atom is -0.540 e. The Labute approximate surface area is 339 Å². The quantitative estimate of drug-likeness (QED) is 0.0515. The van der Waals surface area contributed by atoms with Crippen molar-refractivity contribution in [2.24, 2.45) is 0 Å². The summed E-state index contributed by atoms with van der Waals surface area (Å²) in [5.41, 5.74) is 3.09. The lowest BCUT2D eigenvalue weighted by Gasteiger charge is -2.45. The highest BCUT2D eigenvalue weighted by Crippen LogP contribution is 2.54. The molecule has 2 aromatic rings. The number of fused-ring (bicyclic) bond motifs is 1. The van der Waals surface area contributed by atoms with Crippen molar-refractivity contribution in [3.8, 4) is 23.0 Å². The molecule has 9 nitrogen and oxygen atoms in total. The average molecular weight is 846 g/mol. The van der Waals surface area contributed by atoms with E-state index in [0.29, 0.717) is 50.6 Å². The zero-order chi connectivity index (χ0) is 40.9. The highest BCUT2D eigenvalue weighted by molar-refractivity contribution is 6.79. The number of benzene rings is 2. The number of methoxy groups -OCH3 is 1. The molecule has 2 aromatic carbocycles. The van der Waals surface area contributed by atoms with Crippen molar-refractivity contribution < 1.29 is 42.5 Å². The second kappa shape index (κ2) is 18.7. The van der Waals surface area contributed by atoms with Crippen LogP contribution in [0, 0.1) is 0 Å². The maximum Gasteiger partial charge on any atom is 0.330 e. The lowest BCUT2D eigenvalue weighted by molar-refractivity contribution is -0.140. The molecule has 54 heavy (non-hydrogen) atoms. The normalized spacial score (nSPS) is 16.6. The van der Waals surface area contributed by atoms with Gasteiger partial charge in [0.1, 0.15) is 30.1 Å². The molecule has 1 N–H and O–H groups in total. The summed E-state index contributed by atoms with van der Waals surface area (Å²) in [6, 6.07) is 9.00. The van der Waals surface area contributed by atoms with E-state index in [4.69, 9.17) is 62.6 Å². The summed E-state index contributed by atoms with van der Waals surface area (Å²) in [5, 5.41) is 10.9. The van der Waals surface area contributed by atoms with Gasteiger partial charge < -0.3 is 32.9 Å². The van der Waals surface area contributed by atoms with Crippen molar-refractivity contribution in [1.29, 1.82) is 0 Å². The van der Waals surface area contributed by atoms with Gasteiger partial charge in [-0.15, -0.1) is 0 Å². The van der Waals surface area contributed by atoms with Crippen molar-refractivity contribution >= 4 is 69.5 Å². The number of aliphatic carboxylic acids is 1. The van der Waals surface area contributed by atoms with Crippen LogP contribution in [0.4, 0.5) is 0 Å². The van der Waals surface area contributed by atoms with E-state index in [1.807, 2.05) is 18.2 Å². The molecule has 0 amide bonds. The maximum absolute atomic E-state index is 13.3. The fourth-order valence-electron chi connectivity index (χ4n) is 8.59. The fourth-order valence-corrected chi connectivity index (χ4v) is 19.3. The minimum absolute atomic E-state index is 0.0969. The first-order valence-electron chi connectivity index (χ1n) is 18.7. The number of hydrogen-bond donors (Lipinski definition) is 1. The van der Waals surface area contributed by atoms with Gasteiger partial charge in [0.25, 0.3) is 16.6 Å². The van der Waals surface area contributed by atoms with Crippen LogP contribution in [0.2, 0.25) is 33.2 Å². The monoisotopic (exact) mass is 844 g/mol. The third kappa shape index (κ3) is 9.93. The third-order valence-corrected chi connectivity index (χ3v) is 23.0. The predicted octanol–water partition coefficient (Wildman–Crippen LogP) is 12.0. The van der Waals surface area contributed by atoms with Gasteiger partial charge in [-0.1, -0.05) is 130 Å². The summed E-state index contributed by atoms with van der Waals surface area (Å²) in [6.07, 6.45) is 1.61. The molecule has 0 radical (unpaired) electrons. The smallest absolute Gasteiger partial charge is 0.330 e. The number of carboxylic acid groups (broad SMARTS) is 1. The van der Waals surface area contributed by atoms with Gasteiger partial charge in [-0.05, 0) is 68.6 Å². The largest absolute Gasteiger partial charge is 0.540 e. The van der Waals surface area contributed by atoms with Crippen molar-refractivity contribution in [2.75, 3.05) is 20.5 Å². The predicted molar refractivity (Wildman–Crippen MR) is 223 cm³/mol. The number of carbonyl (C=O) groups excluding carboxylic acids is 1. The van der Waals surface area contributed by atoms with E-state index in [-0.39, 0.29) is 29.2 Å². The van der Waals surface area contributed by atoms with Crippen LogP contribution in [0.5, 0.6) is 23.0 Å². The van der Waals surface area contributed by atoms with Crippen LogP contribution in [0.15, 0.2) is 36.4 Å². The van der Waals surface area contributed by atoms with E-state index in [2.05, 4.69) is 83.1 Å². The average Bonchev–Trinajstić information content (AvgIpc) is 3.47. The third-order valence-electron chi connectivity index (χ3n) is 10.7. The molecule has 0 fully saturated rings. The summed E-state index contributed by atoms with van der Waals surface area (Å²) in [7, 11) is -3.48. The molecule has 0 spiro atoms. The van der Waals surface area contributed by atoms with Crippen LogP contribution in [0.1, 0.15) is 112 Å². The Hall–Kier alpha value is -2.42. The summed E-state index contributed by atoms with van der Waals surface area (Å²) in [4.78, 5) is 25.8. The van der Waals surface area contributed by atoms with Gasteiger partial charge in [-0.3, -0.25) is 4.79 Å². The second-order valence-corrected chi connectivity index (χ2v) is 29.2. The molecule has 14 heteroatoms. The highest BCUT2D eigenvalue weighted by Gasteiger charge is 2.51. The Bertz CT molecular complexity index is 1590. The first-order chi connectivity index (χ1) is 25.0. The molecule has 0 aromatic heterocycles. The SMILES string of the molecule is COCOc1ccc(/C=C/C(=O)OCC(Cl)(Cl)Cl)c2c1O[C@H](c1ccc(O[Si](C(C)C)(C(C)C)C(C)C)c(O[Si](C(C)C)(C(C)C)C(C)C)c1)[C@@H]2C(=O)O. The van der Waals surface area contributed by atoms with Gasteiger partial charge >= 0.3 is 11.9 Å². The zero-order valence-corrected chi connectivity index (χ0v) is 38.2. The number of ether oxygens (including phenoxy) is 4. The molecule has 3 rings (SSSR count). The first-order valence-corrected chi connectivity index (χ1v) is 24.1. The van der Waals surface area contributed by atoms with Gasteiger partial charge in [0, 0.05) is 18.7 Å². The number of carbonyl (C=O) groups is 2. The van der Waals surface area contributed by atoms with Crippen LogP contribution in [0.3, 0.4) is 0 Å². The summed E-state index contributed by atoms with van der Waals surface area (Å²) < 4.78 is 35.5. The van der Waals surface area contributed by atoms with E-state index < -0.39 is 51.0 Å². The molecule has 1 heterocycles. The van der Waals surface area contributed by atoms with E-state index in [1.54, 1.807) is 12.1 Å². The molecule has 302 valence electrons. The van der Waals surface area contributed by atoms with E-state index in [1.165, 1.54) is 13.2 Å². The Morgan fingerprint density at radius 3 is 1.76 bits per heavy atom. The topological polar surface area (TPSA) is 110 Å². The number of carboxylic acids is 1. The van der Waals surface area contributed by atoms with E-state index >= 15 is 0 Å². The van der Waals surface area contributed by atoms with Gasteiger partial charge in [-0.2, -0.15) is 0 Å². The molecular formula is C40H59Cl3O9Si2.